The number of carbonyl (C=O) groups is 2. The fourth-order valence-electron chi connectivity index (χ4n) is 1.80. The number of esters is 2. The molecule has 1 unspecified atom stereocenters. The number of ether oxygens (including phenoxy) is 3. The van der Waals surface area contributed by atoms with Crippen LogP contribution >= 0.6 is 0 Å². The minimum atomic E-state index is -0.344. The Bertz CT molecular complexity index is 629. The van der Waals surface area contributed by atoms with Gasteiger partial charge in [-0.05, 0) is 18.4 Å². The van der Waals surface area contributed by atoms with Crippen LogP contribution in [0.1, 0.15) is 31.7 Å². The lowest BCUT2D eigenvalue weighted by Crippen LogP contribution is -2.11. The number of epoxide rings is 1. The molecule has 1 heterocycles. The molecule has 27 heavy (non-hydrogen) atoms. The van der Waals surface area contributed by atoms with E-state index in [1.165, 1.54) is 6.08 Å². The molecule has 0 bridgehead atoms. The van der Waals surface area contributed by atoms with Crippen LogP contribution in [0.5, 0.6) is 0 Å². The quantitative estimate of drug-likeness (QED) is 0.268. The predicted molar refractivity (Wildman–Crippen MR) is 106 cm³/mol. The molecular formula is C22H28O5. The van der Waals surface area contributed by atoms with Gasteiger partial charge in [0.1, 0.15) is 12.7 Å². The summed E-state index contributed by atoms with van der Waals surface area (Å²) in [7, 11) is 0. The van der Waals surface area contributed by atoms with Crippen molar-refractivity contribution >= 4 is 18.0 Å². The van der Waals surface area contributed by atoms with Crippen molar-refractivity contribution in [2.24, 2.45) is 0 Å². The highest BCUT2D eigenvalue weighted by Gasteiger charge is 2.24. The number of carbonyl (C=O) groups excluding carboxylic acids is 2. The fraction of sp³-hybridized carbons (Fsp3) is 0.364. The highest BCUT2D eigenvalue weighted by molar-refractivity contribution is 5.88. The highest BCUT2D eigenvalue weighted by Crippen LogP contribution is 2.11. The Morgan fingerprint density at radius 1 is 1.26 bits per heavy atom. The Morgan fingerprint density at radius 3 is 2.56 bits per heavy atom. The van der Waals surface area contributed by atoms with Crippen LogP contribution in [0.4, 0.5) is 0 Å². The van der Waals surface area contributed by atoms with Gasteiger partial charge in [0.15, 0.2) is 0 Å². The molecule has 5 nitrogen and oxygen atoms in total. The molecule has 1 aliphatic rings. The molecule has 0 spiro atoms. The molecule has 2 rings (SSSR count). The van der Waals surface area contributed by atoms with E-state index in [1.807, 2.05) is 49.4 Å². The van der Waals surface area contributed by atoms with E-state index in [1.54, 1.807) is 0 Å². The van der Waals surface area contributed by atoms with Gasteiger partial charge in [-0.25, -0.2) is 9.59 Å². The number of rotatable bonds is 10. The second-order valence-electron chi connectivity index (χ2n) is 5.90. The van der Waals surface area contributed by atoms with Gasteiger partial charge in [-0.2, -0.15) is 0 Å². The zero-order chi connectivity index (χ0) is 19.9. The molecule has 1 aliphatic heterocycles. The number of hydrogen-bond donors (Lipinski definition) is 0. The standard InChI is InChI=1S/C15H16O3.C7H12O2/c1-12(15(16)18-11-14-10-17-14)6-5-9-13-7-3-2-4-8-13;1-3-5-6-9-7(8)4-2/h2-5,7-9,14H,1,6,10-11H2;4H,2-3,5-6H2,1H3. The Hall–Kier alpha value is -2.66. The van der Waals surface area contributed by atoms with E-state index < -0.39 is 0 Å². The molecule has 5 heteroatoms. The molecule has 1 fully saturated rings. The molecule has 0 radical (unpaired) electrons. The van der Waals surface area contributed by atoms with Crippen molar-refractivity contribution < 1.29 is 23.8 Å². The van der Waals surface area contributed by atoms with Crippen molar-refractivity contribution in [1.29, 1.82) is 0 Å². The van der Waals surface area contributed by atoms with Crippen LogP contribution < -0.4 is 0 Å². The van der Waals surface area contributed by atoms with Crippen LogP contribution in [-0.4, -0.2) is 37.9 Å². The Morgan fingerprint density at radius 2 is 1.96 bits per heavy atom. The average Bonchev–Trinajstić information content (AvgIpc) is 3.52. The summed E-state index contributed by atoms with van der Waals surface area (Å²) in [5, 5.41) is 0. The van der Waals surface area contributed by atoms with Crippen molar-refractivity contribution in [1.82, 2.24) is 0 Å². The second-order valence-corrected chi connectivity index (χ2v) is 5.90. The van der Waals surface area contributed by atoms with Gasteiger partial charge in [0.2, 0.25) is 0 Å². The molecule has 1 aromatic rings. The number of benzene rings is 1. The van der Waals surface area contributed by atoms with E-state index in [9.17, 15) is 9.59 Å². The highest BCUT2D eigenvalue weighted by atomic mass is 16.6. The summed E-state index contributed by atoms with van der Waals surface area (Å²) in [5.41, 5.74) is 1.56. The summed E-state index contributed by atoms with van der Waals surface area (Å²) in [5.74, 6) is -0.674. The second kappa shape index (κ2) is 13.5. The van der Waals surface area contributed by atoms with Gasteiger partial charge < -0.3 is 14.2 Å². The van der Waals surface area contributed by atoms with Gasteiger partial charge in [-0.15, -0.1) is 0 Å². The Kier molecular flexibility index (Phi) is 11.2. The topological polar surface area (TPSA) is 65.1 Å². The van der Waals surface area contributed by atoms with Crippen molar-refractivity contribution in [2.45, 2.75) is 32.3 Å². The largest absolute Gasteiger partial charge is 0.463 e. The molecule has 0 saturated carbocycles. The third-order valence-corrected chi connectivity index (χ3v) is 3.47. The van der Waals surface area contributed by atoms with Gasteiger partial charge in [0.25, 0.3) is 0 Å². The molecule has 1 aromatic carbocycles. The minimum absolute atomic E-state index is 0.0987. The Labute approximate surface area is 161 Å². The van der Waals surface area contributed by atoms with E-state index in [-0.39, 0.29) is 18.0 Å². The van der Waals surface area contributed by atoms with Gasteiger partial charge >= 0.3 is 11.9 Å². The van der Waals surface area contributed by atoms with E-state index in [2.05, 4.69) is 17.9 Å². The van der Waals surface area contributed by atoms with E-state index in [4.69, 9.17) is 9.47 Å². The smallest absolute Gasteiger partial charge is 0.333 e. The van der Waals surface area contributed by atoms with E-state index in [0.29, 0.717) is 31.8 Å². The summed E-state index contributed by atoms with van der Waals surface area (Å²) in [6.45, 7) is 10.6. The van der Waals surface area contributed by atoms with Crippen LogP contribution in [0.2, 0.25) is 0 Å². The molecule has 0 aromatic heterocycles. The maximum atomic E-state index is 11.5. The maximum Gasteiger partial charge on any atom is 0.333 e. The summed E-state index contributed by atoms with van der Waals surface area (Å²) >= 11 is 0. The number of allylic oxidation sites excluding steroid dienone is 1. The van der Waals surface area contributed by atoms with Crippen LogP contribution in [0.25, 0.3) is 6.08 Å². The number of hydrogen-bond acceptors (Lipinski definition) is 5. The first-order chi connectivity index (χ1) is 13.1. The first kappa shape index (κ1) is 22.4. The first-order valence-electron chi connectivity index (χ1n) is 9.04. The van der Waals surface area contributed by atoms with Gasteiger partial charge in [-0.1, -0.05) is 69.0 Å². The zero-order valence-corrected chi connectivity index (χ0v) is 15.9. The summed E-state index contributed by atoms with van der Waals surface area (Å²) in [6.07, 6.45) is 7.62. The van der Waals surface area contributed by atoms with Crippen molar-refractivity contribution in [3.63, 3.8) is 0 Å². The minimum Gasteiger partial charge on any atom is -0.463 e. The molecule has 0 N–H and O–H groups in total. The Balaban J connectivity index is 0.000000345. The fourth-order valence-corrected chi connectivity index (χ4v) is 1.80. The zero-order valence-electron chi connectivity index (χ0n) is 15.9. The van der Waals surface area contributed by atoms with Crippen molar-refractivity contribution in [3.8, 4) is 0 Å². The van der Waals surface area contributed by atoms with Crippen LogP contribution in [0.15, 0.2) is 61.2 Å². The maximum absolute atomic E-state index is 11.5. The normalized spacial score (nSPS) is 14.6. The van der Waals surface area contributed by atoms with Crippen molar-refractivity contribution in [3.05, 3.63) is 66.8 Å². The number of unbranched alkanes of at least 4 members (excludes halogenated alkanes) is 1. The lowest BCUT2D eigenvalue weighted by atomic mass is 10.1. The van der Waals surface area contributed by atoms with Gasteiger partial charge in [0, 0.05) is 11.6 Å². The lowest BCUT2D eigenvalue weighted by Gasteiger charge is -2.03. The average molecular weight is 372 g/mol. The molecular weight excluding hydrogens is 344 g/mol. The molecule has 1 saturated heterocycles. The predicted octanol–water partition coefficient (Wildman–Crippen LogP) is 4.10. The third kappa shape index (κ3) is 11.5. The monoisotopic (exact) mass is 372 g/mol. The first-order valence-corrected chi connectivity index (χ1v) is 9.04. The molecule has 1 atom stereocenters. The summed E-state index contributed by atoms with van der Waals surface area (Å²) in [4.78, 5) is 21.9. The van der Waals surface area contributed by atoms with Crippen molar-refractivity contribution in [2.75, 3.05) is 19.8 Å². The van der Waals surface area contributed by atoms with E-state index >= 15 is 0 Å². The van der Waals surface area contributed by atoms with Gasteiger partial charge in [-0.3, -0.25) is 0 Å². The van der Waals surface area contributed by atoms with Crippen LogP contribution in [0, 0.1) is 0 Å². The van der Waals surface area contributed by atoms with Crippen LogP contribution in [-0.2, 0) is 23.8 Å². The summed E-state index contributed by atoms with van der Waals surface area (Å²) in [6, 6.07) is 9.91. The van der Waals surface area contributed by atoms with Gasteiger partial charge in [0.05, 0.1) is 13.2 Å². The summed E-state index contributed by atoms with van der Waals surface area (Å²) < 4.78 is 14.7. The lowest BCUT2D eigenvalue weighted by molar-refractivity contribution is -0.139. The third-order valence-electron chi connectivity index (χ3n) is 3.47. The molecule has 0 aliphatic carbocycles. The van der Waals surface area contributed by atoms with E-state index in [0.717, 1.165) is 18.4 Å². The molecule has 0 amide bonds. The SMILES string of the molecule is C=C(CC=Cc1ccccc1)C(=O)OCC1CO1.C=CC(=O)OCCCC. The molecule has 146 valence electrons. The van der Waals surface area contributed by atoms with Crippen LogP contribution in [0.3, 0.4) is 0 Å².